The molecule has 0 aliphatic carbocycles. The SMILES string of the molecule is O=C(CN(CCCN1CCOCC1)S(=O)(=O)c1cccc2ccccc12)N(Cc1ccc(F)cc1)Cc1ccco1. The fourth-order valence-electron chi connectivity index (χ4n) is 5.02. The van der Waals surface area contributed by atoms with Crippen LogP contribution in [0, 0.1) is 5.82 Å². The van der Waals surface area contributed by atoms with Crippen LogP contribution in [0.25, 0.3) is 10.8 Å². The molecule has 1 saturated heterocycles. The molecular formula is C31H34FN3O5S. The van der Waals surface area contributed by atoms with Crippen LogP contribution in [0.4, 0.5) is 4.39 Å². The molecule has 2 heterocycles. The summed E-state index contributed by atoms with van der Waals surface area (Å²) in [7, 11) is -4.03. The molecule has 0 spiro atoms. The molecule has 0 unspecified atom stereocenters. The Bertz CT molecular complexity index is 1530. The molecule has 1 aromatic heterocycles. The monoisotopic (exact) mass is 579 g/mol. The molecule has 0 saturated carbocycles. The van der Waals surface area contributed by atoms with Crippen LogP contribution in [0.3, 0.4) is 0 Å². The maximum absolute atomic E-state index is 14.2. The minimum Gasteiger partial charge on any atom is -0.467 e. The van der Waals surface area contributed by atoms with Gasteiger partial charge in [-0.3, -0.25) is 9.69 Å². The number of ether oxygens (including phenoxy) is 1. The minimum atomic E-state index is -4.03. The van der Waals surface area contributed by atoms with Crippen molar-refractivity contribution in [3.63, 3.8) is 0 Å². The van der Waals surface area contributed by atoms with E-state index >= 15 is 0 Å². The highest BCUT2D eigenvalue weighted by molar-refractivity contribution is 7.89. The first-order valence-corrected chi connectivity index (χ1v) is 15.2. The molecular weight excluding hydrogens is 545 g/mol. The molecule has 0 N–H and O–H groups in total. The number of benzene rings is 3. The quantitative estimate of drug-likeness (QED) is 0.246. The predicted molar refractivity (Wildman–Crippen MR) is 154 cm³/mol. The van der Waals surface area contributed by atoms with E-state index in [1.807, 2.05) is 24.3 Å². The van der Waals surface area contributed by atoms with E-state index in [9.17, 15) is 17.6 Å². The topological polar surface area (TPSA) is 83.3 Å². The molecule has 1 aliphatic heterocycles. The Morgan fingerprint density at radius 2 is 1.66 bits per heavy atom. The van der Waals surface area contributed by atoms with Crippen LogP contribution < -0.4 is 0 Å². The molecule has 0 atom stereocenters. The summed E-state index contributed by atoms with van der Waals surface area (Å²) in [6, 6.07) is 21.9. The van der Waals surface area contributed by atoms with Crippen molar-refractivity contribution >= 4 is 26.7 Å². The first kappa shape index (κ1) is 28.9. The number of halogens is 1. The van der Waals surface area contributed by atoms with E-state index < -0.39 is 10.0 Å². The molecule has 1 amide bonds. The van der Waals surface area contributed by atoms with Crippen LogP contribution in [0.15, 0.2) is 94.4 Å². The zero-order valence-electron chi connectivity index (χ0n) is 22.8. The first-order chi connectivity index (χ1) is 19.9. The van der Waals surface area contributed by atoms with Crippen LogP contribution in [-0.2, 0) is 32.6 Å². The minimum absolute atomic E-state index is 0.152. The summed E-state index contributed by atoms with van der Waals surface area (Å²) in [6.45, 7) is 3.77. The van der Waals surface area contributed by atoms with Crippen molar-refractivity contribution in [2.75, 3.05) is 45.9 Å². The second kappa shape index (κ2) is 13.4. The Morgan fingerprint density at radius 3 is 2.41 bits per heavy atom. The van der Waals surface area contributed by atoms with Gasteiger partial charge >= 0.3 is 0 Å². The highest BCUT2D eigenvalue weighted by Crippen LogP contribution is 2.26. The standard InChI is InChI=1S/C31H34FN3O5S/c32-27-13-11-25(12-14-27)22-34(23-28-8-4-19-40-28)31(36)24-35(16-5-15-33-17-20-39-21-18-33)41(37,38)30-10-3-7-26-6-1-2-9-29(26)30/h1-4,6-14,19H,5,15-18,20-24H2. The van der Waals surface area contributed by atoms with E-state index in [0.29, 0.717) is 37.3 Å². The van der Waals surface area contributed by atoms with Gasteiger partial charge in [0.2, 0.25) is 15.9 Å². The molecule has 5 rings (SSSR count). The van der Waals surface area contributed by atoms with Crippen molar-refractivity contribution in [3.05, 3.63) is 102 Å². The van der Waals surface area contributed by atoms with Crippen molar-refractivity contribution in [3.8, 4) is 0 Å². The Kier molecular flexibility index (Phi) is 9.45. The largest absolute Gasteiger partial charge is 0.467 e. The summed E-state index contributed by atoms with van der Waals surface area (Å²) >= 11 is 0. The van der Waals surface area contributed by atoms with Crippen LogP contribution >= 0.6 is 0 Å². The Labute approximate surface area is 240 Å². The summed E-state index contributed by atoms with van der Waals surface area (Å²) in [5.74, 6) is -0.178. The Morgan fingerprint density at radius 1 is 0.902 bits per heavy atom. The number of hydrogen-bond acceptors (Lipinski definition) is 6. The van der Waals surface area contributed by atoms with Gasteiger partial charge in [0.15, 0.2) is 0 Å². The number of hydrogen-bond donors (Lipinski definition) is 0. The number of fused-ring (bicyclic) bond motifs is 1. The molecule has 10 heteroatoms. The van der Waals surface area contributed by atoms with Crippen molar-refractivity contribution in [1.82, 2.24) is 14.1 Å². The van der Waals surface area contributed by atoms with Gasteiger partial charge in [-0.2, -0.15) is 4.31 Å². The lowest BCUT2D eigenvalue weighted by molar-refractivity contribution is -0.133. The molecule has 4 aromatic rings. The predicted octanol–water partition coefficient (Wildman–Crippen LogP) is 4.51. The smallest absolute Gasteiger partial charge is 0.244 e. The van der Waals surface area contributed by atoms with E-state index in [1.165, 1.54) is 22.7 Å². The normalized spacial score (nSPS) is 14.5. The molecule has 1 fully saturated rings. The summed E-state index contributed by atoms with van der Waals surface area (Å²) in [5, 5.41) is 1.42. The summed E-state index contributed by atoms with van der Waals surface area (Å²) in [5.41, 5.74) is 0.724. The molecule has 1 aliphatic rings. The third-order valence-corrected chi connectivity index (χ3v) is 9.13. The fraction of sp³-hybridized carbons (Fsp3) is 0.323. The lowest BCUT2D eigenvalue weighted by Crippen LogP contribution is -2.44. The summed E-state index contributed by atoms with van der Waals surface area (Å²) in [6.07, 6.45) is 2.09. The van der Waals surface area contributed by atoms with Gasteiger partial charge in [-0.15, -0.1) is 0 Å². The lowest BCUT2D eigenvalue weighted by atomic mass is 10.1. The van der Waals surface area contributed by atoms with E-state index in [0.717, 1.165) is 24.0 Å². The Hall–Kier alpha value is -3.57. The molecule has 216 valence electrons. The van der Waals surface area contributed by atoms with E-state index in [4.69, 9.17) is 9.15 Å². The fourth-order valence-corrected chi connectivity index (χ4v) is 6.67. The van der Waals surface area contributed by atoms with Crippen molar-refractivity contribution in [2.24, 2.45) is 0 Å². The van der Waals surface area contributed by atoms with Gasteiger partial charge in [-0.05, 0) is 54.2 Å². The van der Waals surface area contributed by atoms with Gasteiger partial charge in [0.25, 0.3) is 0 Å². The number of rotatable bonds is 12. The first-order valence-electron chi connectivity index (χ1n) is 13.7. The van der Waals surface area contributed by atoms with Crippen LogP contribution in [0.2, 0.25) is 0 Å². The number of morpholine rings is 1. The second-order valence-electron chi connectivity index (χ2n) is 10.1. The second-order valence-corrected chi connectivity index (χ2v) is 12.0. The number of carbonyl (C=O) groups excluding carboxylic acids is 1. The van der Waals surface area contributed by atoms with Crippen molar-refractivity contribution in [1.29, 1.82) is 0 Å². The maximum atomic E-state index is 14.2. The number of sulfonamides is 1. The van der Waals surface area contributed by atoms with Gasteiger partial charge in [0.05, 0.1) is 37.5 Å². The molecule has 3 aromatic carbocycles. The van der Waals surface area contributed by atoms with Gasteiger partial charge in [0, 0.05) is 31.6 Å². The average molecular weight is 580 g/mol. The van der Waals surface area contributed by atoms with E-state index in [-0.39, 0.29) is 42.8 Å². The maximum Gasteiger partial charge on any atom is 0.244 e. The zero-order chi connectivity index (χ0) is 28.7. The number of nitrogens with zero attached hydrogens (tertiary/aromatic N) is 3. The van der Waals surface area contributed by atoms with Gasteiger partial charge in [0.1, 0.15) is 11.6 Å². The molecule has 8 nitrogen and oxygen atoms in total. The highest BCUT2D eigenvalue weighted by Gasteiger charge is 2.30. The van der Waals surface area contributed by atoms with Crippen molar-refractivity contribution in [2.45, 2.75) is 24.4 Å². The van der Waals surface area contributed by atoms with Gasteiger partial charge < -0.3 is 14.1 Å². The number of amides is 1. The summed E-state index contributed by atoms with van der Waals surface area (Å²) in [4.78, 5) is 17.8. The van der Waals surface area contributed by atoms with Gasteiger partial charge in [-0.25, -0.2) is 12.8 Å². The summed E-state index contributed by atoms with van der Waals surface area (Å²) < 4.78 is 54.1. The molecule has 0 bridgehead atoms. The van der Waals surface area contributed by atoms with Crippen LogP contribution in [-0.4, -0.2) is 74.4 Å². The van der Waals surface area contributed by atoms with E-state index in [2.05, 4.69) is 4.90 Å². The third kappa shape index (κ3) is 7.39. The molecule has 0 radical (unpaired) electrons. The third-order valence-electron chi connectivity index (χ3n) is 7.23. The lowest BCUT2D eigenvalue weighted by Gasteiger charge is -2.29. The van der Waals surface area contributed by atoms with E-state index in [1.54, 1.807) is 47.4 Å². The van der Waals surface area contributed by atoms with Gasteiger partial charge in [-0.1, -0.05) is 48.5 Å². The van der Waals surface area contributed by atoms with Crippen molar-refractivity contribution < 1.29 is 26.8 Å². The molecule has 41 heavy (non-hydrogen) atoms. The highest BCUT2D eigenvalue weighted by atomic mass is 32.2. The van der Waals surface area contributed by atoms with Crippen LogP contribution in [0.1, 0.15) is 17.7 Å². The zero-order valence-corrected chi connectivity index (χ0v) is 23.6. The average Bonchev–Trinajstić information content (AvgIpc) is 3.51. The Balaban J connectivity index is 1.41. The number of furan rings is 1. The number of carbonyl (C=O) groups is 1. The van der Waals surface area contributed by atoms with Crippen LogP contribution in [0.5, 0.6) is 0 Å².